The van der Waals surface area contributed by atoms with E-state index in [0.717, 1.165) is 31.5 Å². The second-order valence-corrected chi connectivity index (χ2v) is 6.25. The molecule has 7 nitrogen and oxygen atoms in total. The molecule has 2 aromatic heterocycles. The first-order chi connectivity index (χ1) is 11.6. The number of imidazole rings is 1. The predicted octanol–water partition coefficient (Wildman–Crippen LogP) is 2.80. The summed E-state index contributed by atoms with van der Waals surface area (Å²) in [5.74, 6) is 0.935. The van der Waals surface area contributed by atoms with Crippen LogP contribution < -0.4 is 5.32 Å². The molecule has 0 aromatic carbocycles. The molecule has 0 unspecified atom stereocenters. The van der Waals surface area contributed by atoms with Gasteiger partial charge in [0.25, 0.3) is 0 Å². The summed E-state index contributed by atoms with van der Waals surface area (Å²) in [6.07, 6.45) is 6.61. The van der Waals surface area contributed by atoms with E-state index in [4.69, 9.17) is 16.3 Å². The number of aryl methyl sites for hydroxylation is 2. The van der Waals surface area contributed by atoms with Crippen molar-refractivity contribution in [3.63, 3.8) is 0 Å². The quantitative estimate of drug-likeness (QED) is 0.611. The summed E-state index contributed by atoms with van der Waals surface area (Å²) in [5, 5.41) is 3.43. The minimum atomic E-state index is -0.540. The predicted molar refractivity (Wildman–Crippen MR) is 90.4 cm³/mol. The zero-order valence-corrected chi connectivity index (χ0v) is 14.5. The standard InChI is InChI=1S/C16H20ClN5O2/c1-10-8-18-9-22(10)7-3-6-19-15-12(17)13(16(23)24-2)20-14(21-15)11-4-5-11/h8-9,11H,3-7H2,1-2H3,(H,19,20,21). The normalized spacial score (nSPS) is 13.8. The molecule has 3 rings (SSSR count). The third-order valence-electron chi connectivity index (χ3n) is 3.98. The number of methoxy groups -OCH3 is 1. The number of halogens is 1. The highest BCUT2D eigenvalue weighted by molar-refractivity contribution is 6.35. The second kappa shape index (κ2) is 7.17. The fourth-order valence-corrected chi connectivity index (χ4v) is 2.64. The smallest absolute Gasteiger partial charge is 0.358 e. The molecule has 2 heterocycles. The number of hydrogen-bond acceptors (Lipinski definition) is 6. The van der Waals surface area contributed by atoms with Gasteiger partial charge < -0.3 is 14.6 Å². The molecule has 1 fully saturated rings. The summed E-state index contributed by atoms with van der Waals surface area (Å²) in [5.41, 5.74) is 1.25. The van der Waals surface area contributed by atoms with Crippen molar-refractivity contribution in [1.82, 2.24) is 19.5 Å². The number of aromatic nitrogens is 4. The number of rotatable bonds is 7. The lowest BCUT2D eigenvalue weighted by atomic mass is 10.3. The number of hydrogen-bond donors (Lipinski definition) is 1. The molecule has 0 bridgehead atoms. The van der Waals surface area contributed by atoms with Gasteiger partial charge in [-0.05, 0) is 26.2 Å². The average molecular weight is 350 g/mol. The highest BCUT2D eigenvalue weighted by Crippen LogP contribution is 2.39. The number of nitrogens with one attached hydrogen (secondary N) is 1. The van der Waals surface area contributed by atoms with Gasteiger partial charge in [-0.25, -0.2) is 19.7 Å². The molecule has 128 valence electrons. The Hall–Kier alpha value is -2.15. The molecule has 0 aliphatic heterocycles. The fourth-order valence-electron chi connectivity index (χ4n) is 2.41. The monoisotopic (exact) mass is 349 g/mol. The lowest BCUT2D eigenvalue weighted by Crippen LogP contribution is -2.14. The van der Waals surface area contributed by atoms with Crippen LogP contribution in [0.15, 0.2) is 12.5 Å². The number of esters is 1. The van der Waals surface area contributed by atoms with Crippen LogP contribution in [0.2, 0.25) is 5.02 Å². The Morgan fingerprint density at radius 3 is 2.88 bits per heavy atom. The van der Waals surface area contributed by atoms with Gasteiger partial charge in [0.1, 0.15) is 16.7 Å². The first kappa shape index (κ1) is 16.7. The molecule has 1 saturated carbocycles. The number of ether oxygens (including phenoxy) is 1. The van der Waals surface area contributed by atoms with Gasteiger partial charge in [0.2, 0.25) is 0 Å². The zero-order chi connectivity index (χ0) is 17.1. The zero-order valence-electron chi connectivity index (χ0n) is 13.8. The van der Waals surface area contributed by atoms with Gasteiger partial charge in [-0.3, -0.25) is 0 Å². The Bertz CT molecular complexity index is 742. The van der Waals surface area contributed by atoms with Crippen molar-refractivity contribution < 1.29 is 9.53 Å². The van der Waals surface area contributed by atoms with Crippen molar-refractivity contribution >= 4 is 23.4 Å². The SMILES string of the molecule is COC(=O)c1nc(C2CC2)nc(NCCCn2cncc2C)c1Cl. The molecule has 24 heavy (non-hydrogen) atoms. The van der Waals surface area contributed by atoms with E-state index in [-0.39, 0.29) is 10.7 Å². The molecular weight excluding hydrogens is 330 g/mol. The maximum Gasteiger partial charge on any atom is 0.358 e. The van der Waals surface area contributed by atoms with Crippen molar-refractivity contribution in [2.45, 2.75) is 38.6 Å². The summed E-state index contributed by atoms with van der Waals surface area (Å²) in [6, 6.07) is 0. The van der Waals surface area contributed by atoms with Crippen molar-refractivity contribution in [2.24, 2.45) is 0 Å². The summed E-state index contributed by atoms with van der Waals surface area (Å²) < 4.78 is 6.85. The Labute approximate surface area is 145 Å². The number of carbonyl (C=O) groups is 1. The van der Waals surface area contributed by atoms with E-state index in [2.05, 4.69) is 24.8 Å². The highest BCUT2D eigenvalue weighted by atomic mass is 35.5. The maximum absolute atomic E-state index is 11.9. The van der Waals surface area contributed by atoms with Gasteiger partial charge in [0.05, 0.1) is 13.4 Å². The topological polar surface area (TPSA) is 81.9 Å². The molecule has 1 N–H and O–H groups in total. The van der Waals surface area contributed by atoms with E-state index in [1.165, 1.54) is 7.11 Å². The number of carbonyl (C=O) groups excluding carboxylic acids is 1. The third kappa shape index (κ3) is 3.67. The summed E-state index contributed by atoms with van der Waals surface area (Å²) >= 11 is 6.28. The molecule has 2 aromatic rings. The Kier molecular flexibility index (Phi) is 4.99. The van der Waals surface area contributed by atoms with E-state index in [9.17, 15) is 4.79 Å². The first-order valence-corrected chi connectivity index (χ1v) is 8.34. The van der Waals surface area contributed by atoms with Gasteiger partial charge in [-0.1, -0.05) is 11.6 Å². The van der Waals surface area contributed by atoms with Crippen LogP contribution in [0.4, 0.5) is 5.82 Å². The maximum atomic E-state index is 11.9. The molecule has 0 atom stereocenters. The van der Waals surface area contributed by atoms with E-state index in [1.807, 2.05) is 19.4 Å². The number of anilines is 1. The van der Waals surface area contributed by atoms with Gasteiger partial charge in [-0.15, -0.1) is 0 Å². The van der Waals surface area contributed by atoms with Crippen LogP contribution in [0.1, 0.15) is 47.2 Å². The molecule has 0 amide bonds. The van der Waals surface area contributed by atoms with Crippen molar-refractivity contribution in [2.75, 3.05) is 19.0 Å². The van der Waals surface area contributed by atoms with Crippen LogP contribution in [0, 0.1) is 6.92 Å². The molecule has 0 saturated heterocycles. The molecule has 0 radical (unpaired) electrons. The Balaban J connectivity index is 1.68. The van der Waals surface area contributed by atoms with Crippen LogP contribution in [-0.2, 0) is 11.3 Å². The largest absolute Gasteiger partial charge is 0.464 e. The van der Waals surface area contributed by atoms with E-state index in [1.54, 1.807) is 0 Å². The highest BCUT2D eigenvalue weighted by Gasteiger charge is 2.30. The molecule has 8 heteroatoms. The van der Waals surface area contributed by atoms with Crippen molar-refractivity contribution in [3.8, 4) is 0 Å². The molecule has 0 spiro atoms. The Morgan fingerprint density at radius 2 is 2.25 bits per heavy atom. The van der Waals surface area contributed by atoms with Gasteiger partial charge in [-0.2, -0.15) is 0 Å². The lowest BCUT2D eigenvalue weighted by Gasteiger charge is -2.12. The van der Waals surface area contributed by atoms with E-state index in [0.29, 0.717) is 24.1 Å². The average Bonchev–Trinajstić information content (AvgIpc) is 3.35. The fraction of sp³-hybridized carbons (Fsp3) is 0.500. The minimum Gasteiger partial charge on any atom is -0.464 e. The molecule has 1 aliphatic rings. The Morgan fingerprint density at radius 1 is 1.46 bits per heavy atom. The summed E-state index contributed by atoms with van der Waals surface area (Å²) in [6.45, 7) is 3.55. The van der Waals surface area contributed by atoms with Gasteiger partial charge in [0, 0.05) is 30.9 Å². The first-order valence-electron chi connectivity index (χ1n) is 7.96. The molecule has 1 aliphatic carbocycles. The van der Waals surface area contributed by atoms with Crippen LogP contribution in [0.25, 0.3) is 0 Å². The minimum absolute atomic E-state index is 0.129. The lowest BCUT2D eigenvalue weighted by molar-refractivity contribution is 0.0593. The van der Waals surface area contributed by atoms with Gasteiger partial charge in [0.15, 0.2) is 5.69 Å². The van der Waals surface area contributed by atoms with Gasteiger partial charge >= 0.3 is 5.97 Å². The van der Waals surface area contributed by atoms with Crippen LogP contribution in [0.5, 0.6) is 0 Å². The van der Waals surface area contributed by atoms with Crippen molar-refractivity contribution in [1.29, 1.82) is 0 Å². The van der Waals surface area contributed by atoms with Crippen LogP contribution >= 0.6 is 11.6 Å². The summed E-state index contributed by atoms with van der Waals surface area (Å²) in [4.78, 5) is 24.7. The van der Waals surface area contributed by atoms with E-state index < -0.39 is 5.97 Å². The van der Waals surface area contributed by atoms with E-state index >= 15 is 0 Å². The van der Waals surface area contributed by atoms with Crippen molar-refractivity contribution in [3.05, 3.63) is 34.8 Å². The second-order valence-electron chi connectivity index (χ2n) is 5.87. The van der Waals surface area contributed by atoms with Crippen LogP contribution in [-0.4, -0.2) is 39.1 Å². The van der Waals surface area contributed by atoms with Crippen LogP contribution in [0.3, 0.4) is 0 Å². The summed E-state index contributed by atoms with van der Waals surface area (Å²) in [7, 11) is 1.32. The number of nitrogens with zero attached hydrogens (tertiary/aromatic N) is 4. The third-order valence-corrected chi connectivity index (χ3v) is 4.34. The molecular formula is C16H20ClN5O2.